The Labute approximate surface area is 192 Å². The Kier molecular flexibility index (Phi) is 7.34. The van der Waals surface area contributed by atoms with Gasteiger partial charge in [0.2, 0.25) is 10.0 Å². The van der Waals surface area contributed by atoms with Crippen LogP contribution in [0.3, 0.4) is 0 Å². The number of fused-ring (bicyclic) bond motifs is 1. The second-order valence-corrected chi connectivity index (χ2v) is 9.64. The molecule has 1 N–H and O–H groups in total. The van der Waals surface area contributed by atoms with E-state index in [2.05, 4.69) is 5.32 Å². The van der Waals surface area contributed by atoms with Crippen molar-refractivity contribution in [2.45, 2.75) is 24.3 Å². The van der Waals surface area contributed by atoms with Crippen LogP contribution in [0.5, 0.6) is 5.75 Å². The highest BCUT2D eigenvalue weighted by Crippen LogP contribution is 2.31. The normalized spacial score (nSPS) is 14.3. The molecule has 0 saturated heterocycles. The van der Waals surface area contributed by atoms with E-state index < -0.39 is 28.0 Å². The highest BCUT2D eigenvalue weighted by molar-refractivity contribution is 7.89. The molecule has 0 fully saturated rings. The highest BCUT2D eigenvalue weighted by atomic mass is 32.2. The first-order valence-electron chi connectivity index (χ1n) is 10.1. The lowest BCUT2D eigenvalue weighted by atomic mass is 10.2. The molecule has 11 heteroatoms. The van der Waals surface area contributed by atoms with Crippen molar-refractivity contribution in [1.82, 2.24) is 4.31 Å². The number of para-hydroxylation sites is 2. The molecule has 1 unspecified atom stereocenters. The summed E-state index contributed by atoms with van der Waals surface area (Å²) in [4.78, 5) is 38.4. The van der Waals surface area contributed by atoms with Crippen molar-refractivity contribution in [2.24, 2.45) is 0 Å². The van der Waals surface area contributed by atoms with E-state index in [0.29, 0.717) is 11.4 Å². The maximum absolute atomic E-state index is 12.4. The van der Waals surface area contributed by atoms with Crippen LogP contribution in [0.1, 0.15) is 13.3 Å². The largest absolute Gasteiger partial charge is 0.482 e. The average molecular weight is 476 g/mol. The van der Waals surface area contributed by atoms with Gasteiger partial charge in [-0.15, -0.1) is 0 Å². The minimum Gasteiger partial charge on any atom is -0.482 e. The van der Waals surface area contributed by atoms with Gasteiger partial charge in [0.1, 0.15) is 5.75 Å². The van der Waals surface area contributed by atoms with Crippen LogP contribution in [0, 0.1) is 0 Å². The molecule has 2 amide bonds. The number of carbonyl (C=O) groups is 3. The van der Waals surface area contributed by atoms with Gasteiger partial charge in [0.05, 0.1) is 17.0 Å². The Bertz CT molecular complexity index is 1160. The molecule has 176 valence electrons. The second kappa shape index (κ2) is 10.0. The Morgan fingerprint density at radius 3 is 2.64 bits per heavy atom. The molecule has 1 atom stereocenters. The summed E-state index contributed by atoms with van der Waals surface area (Å²) in [5, 5.41) is 2.54. The van der Waals surface area contributed by atoms with Crippen LogP contribution in [0.4, 0.5) is 11.4 Å². The Morgan fingerprint density at radius 1 is 1.18 bits per heavy atom. The van der Waals surface area contributed by atoms with E-state index in [1.807, 2.05) is 0 Å². The first kappa shape index (κ1) is 24.2. The first-order valence-corrected chi connectivity index (χ1v) is 11.6. The molecule has 2 aromatic carbocycles. The standard InChI is InChI=1S/C22H25N3O7S/c1-15(22(28)23-16-7-6-8-17(13-16)33(29,30)24(2)3)32-21(27)11-12-25-18-9-4-5-10-19(18)31-14-20(25)26/h4-10,13,15H,11-12,14H2,1-3H3,(H,23,28). The van der Waals surface area contributed by atoms with Crippen LogP contribution in [-0.2, 0) is 29.1 Å². The van der Waals surface area contributed by atoms with Gasteiger partial charge in [-0.25, -0.2) is 12.7 Å². The van der Waals surface area contributed by atoms with Gasteiger partial charge >= 0.3 is 5.97 Å². The molecule has 1 heterocycles. The minimum atomic E-state index is -3.66. The lowest BCUT2D eigenvalue weighted by molar-refractivity contribution is -0.153. The van der Waals surface area contributed by atoms with Crippen LogP contribution >= 0.6 is 0 Å². The lowest BCUT2D eigenvalue weighted by Crippen LogP contribution is -2.40. The molecular weight excluding hydrogens is 450 g/mol. The fraction of sp³-hybridized carbons (Fsp3) is 0.318. The summed E-state index contributed by atoms with van der Waals surface area (Å²) in [5.74, 6) is -0.995. The van der Waals surface area contributed by atoms with Crippen LogP contribution in [0.15, 0.2) is 53.4 Å². The zero-order chi connectivity index (χ0) is 24.2. The van der Waals surface area contributed by atoms with E-state index >= 15 is 0 Å². The maximum Gasteiger partial charge on any atom is 0.308 e. The fourth-order valence-corrected chi connectivity index (χ4v) is 4.05. The molecular formula is C22H25N3O7S. The Hall–Kier alpha value is -3.44. The number of ether oxygens (including phenoxy) is 2. The van der Waals surface area contributed by atoms with E-state index in [4.69, 9.17) is 9.47 Å². The van der Waals surface area contributed by atoms with Crippen molar-refractivity contribution in [1.29, 1.82) is 0 Å². The molecule has 0 radical (unpaired) electrons. The van der Waals surface area contributed by atoms with Crippen LogP contribution in [0.25, 0.3) is 0 Å². The van der Waals surface area contributed by atoms with Gasteiger partial charge in [-0.3, -0.25) is 14.4 Å². The Morgan fingerprint density at radius 2 is 1.91 bits per heavy atom. The van der Waals surface area contributed by atoms with Crippen LogP contribution in [-0.4, -0.2) is 63.9 Å². The summed E-state index contributed by atoms with van der Waals surface area (Å²) >= 11 is 0. The van der Waals surface area contributed by atoms with Crippen LogP contribution < -0.4 is 15.0 Å². The van der Waals surface area contributed by atoms with E-state index in [0.717, 1.165) is 4.31 Å². The van der Waals surface area contributed by atoms with Crippen molar-refractivity contribution in [3.05, 3.63) is 48.5 Å². The number of nitrogens with zero attached hydrogens (tertiary/aromatic N) is 2. The highest BCUT2D eigenvalue weighted by Gasteiger charge is 2.26. The lowest BCUT2D eigenvalue weighted by Gasteiger charge is -2.29. The van der Waals surface area contributed by atoms with Crippen LogP contribution in [0.2, 0.25) is 0 Å². The molecule has 1 aliphatic rings. The number of carbonyl (C=O) groups excluding carboxylic acids is 3. The quantitative estimate of drug-likeness (QED) is 0.576. The van der Waals surface area contributed by atoms with Gasteiger partial charge in [0.15, 0.2) is 12.7 Å². The minimum absolute atomic E-state index is 0.0189. The summed E-state index contributed by atoms with van der Waals surface area (Å²) < 4.78 is 36.1. The first-order chi connectivity index (χ1) is 15.6. The van der Waals surface area contributed by atoms with Crippen molar-refractivity contribution in [3.63, 3.8) is 0 Å². The van der Waals surface area contributed by atoms with E-state index in [-0.39, 0.29) is 36.1 Å². The fourth-order valence-electron chi connectivity index (χ4n) is 3.10. The molecule has 10 nitrogen and oxygen atoms in total. The molecule has 3 rings (SSSR count). The molecule has 2 aromatic rings. The van der Waals surface area contributed by atoms with E-state index in [1.165, 1.54) is 50.2 Å². The van der Waals surface area contributed by atoms with Gasteiger partial charge in [-0.1, -0.05) is 18.2 Å². The number of esters is 1. The number of amides is 2. The molecule has 0 aliphatic carbocycles. The summed E-state index contributed by atoms with van der Waals surface area (Å²) in [6.45, 7) is 1.37. The van der Waals surface area contributed by atoms with Crippen molar-refractivity contribution in [2.75, 3.05) is 37.5 Å². The third-order valence-corrected chi connectivity index (χ3v) is 6.72. The molecule has 33 heavy (non-hydrogen) atoms. The van der Waals surface area contributed by atoms with E-state index in [9.17, 15) is 22.8 Å². The zero-order valence-electron chi connectivity index (χ0n) is 18.5. The topological polar surface area (TPSA) is 122 Å². The molecule has 0 saturated carbocycles. The third kappa shape index (κ3) is 5.68. The smallest absolute Gasteiger partial charge is 0.308 e. The Balaban J connectivity index is 1.56. The second-order valence-electron chi connectivity index (χ2n) is 7.49. The van der Waals surface area contributed by atoms with Crippen molar-refractivity contribution >= 4 is 39.2 Å². The predicted octanol–water partition coefficient (Wildman–Crippen LogP) is 1.62. The average Bonchev–Trinajstić information content (AvgIpc) is 2.78. The van der Waals surface area contributed by atoms with Crippen molar-refractivity contribution in [3.8, 4) is 5.75 Å². The molecule has 0 spiro atoms. The van der Waals surface area contributed by atoms with Gasteiger partial charge in [0.25, 0.3) is 11.8 Å². The summed E-state index contributed by atoms with van der Waals surface area (Å²) in [6, 6.07) is 12.8. The zero-order valence-corrected chi connectivity index (χ0v) is 19.3. The van der Waals surface area contributed by atoms with Gasteiger partial charge < -0.3 is 19.7 Å². The van der Waals surface area contributed by atoms with E-state index in [1.54, 1.807) is 24.3 Å². The molecule has 0 bridgehead atoms. The molecule has 0 aromatic heterocycles. The number of sulfonamides is 1. The maximum atomic E-state index is 12.4. The number of rotatable bonds is 8. The van der Waals surface area contributed by atoms with Gasteiger partial charge in [0, 0.05) is 26.3 Å². The number of anilines is 2. The summed E-state index contributed by atoms with van der Waals surface area (Å²) in [6.07, 6.45) is -1.24. The SMILES string of the molecule is CC(OC(=O)CCN1C(=O)COc2ccccc21)C(=O)Nc1cccc(S(=O)(=O)N(C)C)c1. The summed E-state index contributed by atoms with van der Waals surface area (Å²) in [5.41, 5.74) is 0.821. The number of hydrogen-bond donors (Lipinski definition) is 1. The predicted molar refractivity (Wildman–Crippen MR) is 120 cm³/mol. The number of benzene rings is 2. The summed E-state index contributed by atoms with van der Waals surface area (Å²) in [7, 11) is -0.847. The molecule has 1 aliphatic heterocycles. The van der Waals surface area contributed by atoms with Gasteiger partial charge in [-0.2, -0.15) is 0 Å². The number of nitrogens with one attached hydrogen (secondary N) is 1. The monoisotopic (exact) mass is 475 g/mol. The van der Waals surface area contributed by atoms with Crippen molar-refractivity contribution < 1.29 is 32.3 Å². The third-order valence-electron chi connectivity index (χ3n) is 4.91. The number of hydrogen-bond acceptors (Lipinski definition) is 7. The van der Waals surface area contributed by atoms with Gasteiger partial charge in [-0.05, 0) is 37.3 Å².